The Morgan fingerprint density at radius 2 is 1.84 bits per heavy atom. The van der Waals surface area contributed by atoms with Gasteiger partial charge >= 0.3 is 0 Å². The first kappa shape index (κ1) is 21.5. The summed E-state index contributed by atoms with van der Waals surface area (Å²) >= 11 is 0. The SMILES string of the molecule is CC1CCCN(C(=O)C2CCN(C(=O)CCc3ncc(-c4ccc(F)cc4)o3)CC2)C1. The van der Waals surface area contributed by atoms with Crippen LogP contribution >= 0.6 is 0 Å². The summed E-state index contributed by atoms with van der Waals surface area (Å²) in [6, 6.07) is 6.03. The Hall–Kier alpha value is -2.70. The molecule has 2 amide bonds. The monoisotopic (exact) mass is 427 g/mol. The highest BCUT2D eigenvalue weighted by atomic mass is 19.1. The summed E-state index contributed by atoms with van der Waals surface area (Å²) < 4.78 is 18.8. The van der Waals surface area contributed by atoms with Gasteiger partial charge in [0, 0.05) is 50.5 Å². The quantitative estimate of drug-likeness (QED) is 0.726. The van der Waals surface area contributed by atoms with Crippen LogP contribution in [-0.4, -0.2) is 52.8 Å². The molecule has 3 heterocycles. The maximum absolute atomic E-state index is 13.1. The van der Waals surface area contributed by atoms with Gasteiger partial charge in [-0.15, -0.1) is 0 Å². The molecule has 7 heteroatoms. The summed E-state index contributed by atoms with van der Waals surface area (Å²) in [5, 5.41) is 0. The van der Waals surface area contributed by atoms with Gasteiger partial charge in [0.2, 0.25) is 11.8 Å². The second-order valence-electron chi connectivity index (χ2n) is 8.81. The fourth-order valence-electron chi connectivity index (χ4n) is 4.57. The van der Waals surface area contributed by atoms with Crippen LogP contribution in [0.4, 0.5) is 4.39 Å². The average molecular weight is 428 g/mol. The number of nitrogens with zero attached hydrogens (tertiary/aromatic N) is 3. The third kappa shape index (κ3) is 5.32. The number of carbonyl (C=O) groups is 2. The molecule has 0 radical (unpaired) electrons. The molecule has 6 nitrogen and oxygen atoms in total. The van der Waals surface area contributed by atoms with E-state index in [1.54, 1.807) is 18.3 Å². The van der Waals surface area contributed by atoms with Crippen molar-refractivity contribution in [3.63, 3.8) is 0 Å². The Balaban J connectivity index is 1.23. The molecular weight excluding hydrogens is 397 g/mol. The molecule has 0 saturated carbocycles. The normalized spacial score (nSPS) is 20.1. The van der Waals surface area contributed by atoms with Gasteiger partial charge in [-0.1, -0.05) is 6.92 Å². The fourth-order valence-corrected chi connectivity index (χ4v) is 4.57. The van der Waals surface area contributed by atoms with E-state index < -0.39 is 0 Å². The first-order chi connectivity index (χ1) is 15.0. The molecule has 31 heavy (non-hydrogen) atoms. The topological polar surface area (TPSA) is 66.7 Å². The van der Waals surface area contributed by atoms with Crippen molar-refractivity contribution in [3.8, 4) is 11.3 Å². The molecule has 0 aliphatic carbocycles. The van der Waals surface area contributed by atoms with Crippen molar-refractivity contribution in [2.45, 2.75) is 45.4 Å². The lowest BCUT2D eigenvalue weighted by atomic mass is 9.92. The number of amides is 2. The van der Waals surface area contributed by atoms with E-state index in [-0.39, 0.29) is 23.5 Å². The highest BCUT2D eigenvalue weighted by Gasteiger charge is 2.31. The molecule has 0 spiro atoms. The van der Waals surface area contributed by atoms with Crippen LogP contribution in [0.3, 0.4) is 0 Å². The van der Waals surface area contributed by atoms with Crippen molar-refractivity contribution in [3.05, 3.63) is 42.2 Å². The molecule has 1 atom stereocenters. The maximum atomic E-state index is 13.1. The van der Waals surface area contributed by atoms with E-state index in [1.807, 2.05) is 9.80 Å². The molecule has 2 aliphatic rings. The zero-order valence-electron chi connectivity index (χ0n) is 18.1. The van der Waals surface area contributed by atoms with Crippen LogP contribution in [0.25, 0.3) is 11.3 Å². The predicted octanol–water partition coefficient (Wildman–Crippen LogP) is 3.91. The van der Waals surface area contributed by atoms with Crippen molar-refractivity contribution >= 4 is 11.8 Å². The van der Waals surface area contributed by atoms with E-state index in [4.69, 9.17) is 4.42 Å². The molecule has 2 fully saturated rings. The summed E-state index contributed by atoms with van der Waals surface area (Å²) in [4.78, 5) is 33.6. The summed E-state index contributed by atoms with van der Waals surface area (Å²) in [6.07, 6.45) is 6.12. The molecule has 166 valence electrons. The molecule has 1 unspecified atom stereocenters. The number of aromatic nitrogens is 1. The number of likely N-dealkylation sites (tertiary alicyclic amines) is 2. The zero-order valence-corrected chi connectivity index (χ0v) is 18.1. The van der Waals surface area contributed by atoms with Crippen molar-refractivity contribution in [2.75, 3.05) is 26.2 Å². The number of halogens is 1. The van der Waals surface area contributed by atoms with Gasteiger partial charge in [0.25, 0.3) is 0 Å². The molecule has 2 saturated heterocycles. The van der Waals surface area contributed by atoms with Crippen molar-refractivity contribution < 1.29 is 18.4 Å². The number of hydrogen-bond acceptors (Lipinski definition) is 4. The highest BCUT2D eigenvalue weighted by Crippen LogP contribution is 2.25. The number of carbonyl (C=O) groups excluding carboxylic acids is 2. The van der Waals surface area contributed by atoms with Crippen LogP contribution in [0.15, 0.2) is 34.9 Å². The second kappa shape index (κ2) is 9.62. The molecule has 4 rings (SSSR count). The standard InChI is InChI=1S/C24H30FN3O3/c1-17-3-2-12-28(16-17)24(30)19-10-13-27(14-11-19)23(29)9-8-22-26-15-21(31-22)18-4-6-20(25)7-5-18/h4-7,15,17,19H,2-3,8-14,16H2,1H3. The van der Waals surface area contributed by atoms with E-state index in [9.17, 15) is 14.0 Å². The number of aryl methyl sites for hydroxylation is 1. The Morgan fingerprint density at radius 1 is 1.10 bits per heavy atom. The summed E-state index contributed by atoms with van der Waals surface area (Å²) in [5.41, 5.74) is 0.751. The lowest BCUT2D eigenvalue weighted by Gasteiger charge is -2.37. The lowest BCUT2D eigenvalue weighted by molar-refractivity contribution is -0.142. The first-order valence-electron chi connectivity index (χ1n) is 11.3. The van der Waals surface area contributed by atoms with Crippen LogP contribution in [0.5, 0.6) is 0 Å². The minimum atomic E-state index is -0.301. The van der Waals surface area contributed by atoms with Crippen LogP contribution < -0.4 is 0 Å². The number of rotatable bonds is 5. The first-order valence-corrected chi connectivity index (χ1v) is 11.3. The second-order valence-corrected chi connectivity index (χ2v) is 8.81. The van der Waals surface area contributed by atoms with E-state index in [2.05, 4.69) is 11.9 Å². The lowest BCUT2D eigenvalue weighted by Crippen LogP contribution is -2.47. The summed E-state index contributed by atoms with van der Waals surface area (Å²) in [7, 11) is 0. The Morgan fingerprint density at radius 3 is 2.55 bits per heavy atom. The zero-order chi connectivity index (χ0) is 21.8. The van der Waals surface area contributed by atoms with Crippen LogP contribution in [-0.2, 0) is 16.0 Å². The predicted molar refractivity (Wildman–Crippen MR) is 115 cm³/mol. The van der Waals surface area contributed by atoms with E-state index in [0.29, 0.717) is 43.5 Å². The molecule has 1 aromatic carbocycles. The molecule has 1 aromatic heterocycles. The van der Waals surface area contributed by atoms with E-state index in [1.165, 1.54) is 18.6 Å². The smallest absolute Gasteiger partial charge is 0.225 e. The van der Waals surface area contributed by atoms with Crippen LogP contribution in [0.2, 0.25) is 0 Å². The van der Waals surface area contributed by atoms with Gasteiger partial charge < -0.3 is 14.2 Å². The third-order valence-electron chi connectivity index (χ3n) is 6.40. The Kier molecular flexibility index (Phi) is 6.68. The molecule has 0 bridgehead atoms. The minimum absolute atomic E-state index is 0.0411. The summed E-state index contributed by atoms with van der Waals surface area (Å²) in [6.45, 7) is 5.21. The number of hydrogen-bond donors (Lipinski definition) is 0. The molecule has 2 aliphatic heterocycles. The van der Waals surface area contributed by atoms with Gasteiger partial charge in [-0.05, 0) is 55.9 Å². The maximum Gasteiger partial charge on any atom is 0.225 e. The van der Waals surface area contributed by atoms with Gasteiger partial charge in [0.05, 0.1) is 6.20 Å². The van der Waals surface area contributed by atoms with E-state index in [0.717, 1.165) is 37.9 Å². The van der Waals surface area contributed by atoms with Crippen molar-refractivity contribution in [1.29, 1.82) is 0 Å². The molecule has 0 N–H and O–H groups in total. The number of oxazole rings is 1. The van der Waals surface area contributed by atoms with Gasteiger partial charge in [-0.2, -0.15) is 0 Å². The Labute approximate surface area is 182 Å². The van der Waals surface area contributed by atoms with E-state index >= 15 is 0 Å². The third-order valence-corrected chi connectivity index (χ3v) is 6.40. The summed E-state index contributed by atoms with van der Waals surface area (Å²) in [5.74, 6) is 1.72. The van der Waals surface area contributed by atoms with Gasteiger partial charge in [-0.25, -0.2) is 9.37 Å². The largest absolute Gasteiger partial charge is 0.441 e. The minimum Gasteiger partial charge on any atom is -0.441 e. The van der Waals surface area contributed by atoms with Gasteiger partial charge in [0.15, 0.2) is 11.7 Å². The number of piperidine rings is 2. The van der Waals surface area contributed by atoms with Crippen molar-refractivity contribution in [1.82, 2.24) is 14.8 Å². The number of benzene rings is 1. The van der Waals surface area contributed by atoms with Gasteiger partial charge in [0.1, 0.15) is 5.82 Å². The fraction of sp³-hybridized carbons (Fsp3) is 0.542. The van der Waals surface area contributed by atoms with Crippen molar-refractivity contribution in [2.24, 2.45) is 11.8 Å². The van der Waals surface area contributed by atoms with Crippen LogP contribution in [0, 0.1) is 17.7 Å². The molecule has 2 aromatic rings. The van der Waals surface area contributed by atoms with Crippen LogP contribution in [0.1, 0.15) is 44.9 Å². The average Bonchev–Trinajstić information content (AvgIpc) is 3.26. The van der Waals surface area contributed by atoms with Gasteiger partial charge in [-0.3, -0.25) is 9.59 Å². The highest BCUT2D eigenvalue weighted by molar-refractivity contribution is 5.80. The molecular formula is C24H30FN3O3. The Bertz CT molecular complexity index is 903.